The average Bonchev–Trinajstić information content (AvgIpc) is 2.63. The zero-order chi connectivity index (χ0) is 12.6. The molecule has 0 saturated heterocycles. The molecular formula is C15H19BrO. The second kappa shape index (κ2) is 4.56. The Balaban J connectivity index is 2.35. The Morgan fingerprint density at radius 2 is 2.00 bits per heavy atom. The van der Waals surface area contributed by atoms with Gasteiger partial charge < -0.3 is 0 Å². The molecular weight excluding hydrogens is 276 g/mol. The summed E-state index contributed by atoms with van der Waals surface area (Å²) in [4.78, 5) is 11.8. The van der Waals surface area contributed by atoms with Crippen molar-refractivity contribution in [2.75, 3.05) is 0 Å². The Morgan fingerprint density at radius 3 is 2.47 bits per heavy atom. The van der Waals surface area contributed by atoms with E-state index in [1.165, 1.54) is 11.1 Å². The lowest BCUT2D eigenvalue weighted by molar-refractivity contribution is -0.118. The van der Waals surface area contributed by atoms with Gasteiger partial charge >= 0.3 is 0 Å². The van der Waals surface area contributed by atoms with Crippen LogP contribution in [0.4, 0.5) is 0 Å². The third-order valence-corrected chi connectivity index (χ3v) is 4.23. The molecule has 92 valence electrons. The highest BCUT2D eigenvalue weighted by molar-refractivity contribution is 9.10. The number of hydrogen-bond donors (Lipinski definition) is 0. The summed E-state index contributed by atoms with van der Waals surface area (Å²) in [5.74, 6) is 0.521. The fourth-order valence-electron chi connectivity index (χ4n) is 2.42. The van der Waals surface area contributed by atoms with Crippen molar-refractivity contribution < 1.29 is 4.79 Å². The van der Waals surface area contributed by atoms with Crippen molar-refractivity contribution in [1.29, 1.82) is 0 Å². The molecule has 0 spiro atoms. The van der Waals surface area contributed by atoms with Crippen molar-refractivity contribution in [3.8, 4) is 0 Å². The maximum absolute atomic E-state index is 11.8. The van der Waals surface area contributed by atoms with Gasteiger partial charge in [0.05, 0.1) is 0 Å². The van der Waals surface area contributed by atoms with Gasteiger partial charge in [0.15, 0.2) is 0 Å². The largest absolute Gasteiger partial charge is 0.299 e. The Morgan fingerprint density at radius 1 is 1.29 bits per heavy atom. The van der Waals surface area contributed by atoms with Gasteiger partial charge in [-0.15, -0.1) is 0 Å². The highest BCUT2D eigenvalue weighted by atomic mass is 79.9. The van der Waals surface area contributed by atoms with Crippen LogP contribution in [0.2, 0.25) is 0 Å². The van der Waals surface area contributed by atoms with Crippen molar-refractivity contribution in [1.82, 2.24) is 0 Å². The second-order valence-electron chi connectivity index (χ2n) is 5.90. The molecule has 0 aromatic heterocycles. The molecule has 0 heterocycles. The molecule has 1 aliphatic carbocycles. The van der Waals surface area contributed by atoms with E-state index in [0.717, 1.165) is 23.7 Å². The molecule has 1 unspecified atom stereocenters. The first-order chi connectivity index (χ1) is 7.89. The lowest BCUT2D eigenvalue weighted by Crippen LogP contribution is -2.12. The third kappa shape index (κ3) is 2.62. The number of hydrogen-bond acceptors (Lipinski definition) is 1. The molecule has 0 radical (unpaired) electrons. The summed E-state index contributed by atoms with van der Waals surface area (Å²) in [5.41, 5.74) is 2.62. The van der Waals surface area contributed by atoms with Gasteiger partial charge in [0.25, 0.3) is 0 Å². The summed E-state index contributed by atoms with van der Waals surface area (Å²) >= 11 is 3.62. The summed E-state index contributed by atoms with van der Waals surface area (Å²) in [5, 5.41) is 0. The molecule has 0 aliphatic heterocycles. The van der Waals surface area contributed by atoms with Gasteiger partial charge in [0.1, 0.15) is 5.78 Å². The first kappa shape index (κ1) is 12.8. The summed E-state index contributed by atoms with van der Waals surface area (Å²) in [6.45, 7) is 6.61. The number of halogens is 1. The lowest BCUT2D eigenvalue weighted by Gasteiger charge is -2.21. The van der Waals surface area contributed by atoms with E-state index in [4.69, 9.17) is 0 Å². The van der Waals surface area contributed by atoms with Crippen LogP contribution >= 0.6 is 15.9 Å². The molecule has 1 fully saturated rings. The number of ketones is 1. The quantitative estimate of drug-likeness (QED) is 0.741. The highest BCUT2D eigenvalue weighted by Gasteiger charge is 2.28. The van der Waals surface area contributed by atoms with Gasteiger partial charge in [-0.25, -0.2) is 0 Å². The molecule has 1 aromatic carbocycles. The first-order valence-electron chi connectivity index (χ1n) is 6.22. The lowest BCUT2D eigenvalue weighted by atomic mass is 9.85. The average molecular weight is 295 g/mol. The van der Waals surface area contributed by atoms with Gasteiger partial charge in [-0.2, -0.15) is 0 Å². The van der Waals surface area contributed by atoms with Crippen molar-refractivity contribution in [2.24, 2.45) is 0 Å². The zero-order valence-electron chi connectivity index (χ0n) is 10.7. The van der Waals surface area contributed by atoms with Crippen LogP contribution in [0.1, 0.15) is 57.1 Å². The van der Waals surface area contributed by atoms with Crippen LogP contribution in [0.5, 0.6) is 0 Å². The van der Waals surface area contributed by atoms with E-state index < -0.39 is 0 Å². The molecule has 1 aliphatic rings. The number of Topliss-reactive ketones (excluding diaryl/α,β-unsaturated/α-hetero) is 1. The van der Waals surface area contributed by atoms with Crippen molar-refractivity contribution in [3.05, 3.63) is 33.8 Å². The van der Waals surface area contributed by atoms with E-state index in [1.807, 2.05) is 0 Å². The van der Waals surface area contributed by atoms with Gasteiger partial charge in [0, 0.05) is 16.8 Å². The normalized spacial score (nSPS) is 20.9. The fraction of sp³-hybridized carbons (Fsp3) is 0.533. The zero-order valence-corrected chi connectivity index (χ0v) is 12.3. The number of rotatable bonds is 1. The van der Waals surface area contributed by atoms with Crippen LogP contribution in [0.15, 0.2) is 22.7 Å². The molecule has 1 saturated carbocycles. The van der Waals surface area contributed by atoms with Crippen LogP contribution in [0.25, 0.3) is 0 Å². The molecule has 0 bridgehead atoms. The Kier molecular flexibility index (Phi) is 3.44. The fourth-order valence-corrected chi connectivity index (χ4v) is 3.08. The standard InChI is InChI=1S/C15H19BrO/c1-15(2,3)10-7-8-11(13(16)9-10)12-5-4-6-14(12)17/h7-9,12H,4-6H2,1-3H3. The second-order valence-corrected chi connectivity index (χ2v) is 6.75. The number of carbonyl (C=O) groups is 1. The molecule has 1 aromatic rings. The van der Waals surface area contributed by atoms with Crippen LogP contribution in [0.3, 0.4) is 0 Å². The van der Waals surface area contributed by atoms with E-state index in [-0.39, 0.29) is 11.3 Å². The van der Waals surface area contributed by atoms with Crippen LogP contribution < -0.4 is 0 Å². The van der Waals surface area contributed by atoms with E-state index >= 15 is 0 Å². The SMILES string of the molecule is CC(C)(C)c1ccc(C2CCCC2=O)c(Br)c1. The smallest absolute Gasteiger partial charge is 0.140 e. The number of benzene rings is 1. The molecule has 1 nitrogen and oxygen atoms in total. The minimum absolute atomic E-state index is 0.124. The summed E-state index contributed by atoms with van der Waals surface area (Å²) in [6.07, 6.45) is 2.79. The van der Waals surface area contributed by atoms with Crippen LogP contribution in [-0.4, -0.2) is 5.78 Å². The van der Waals surface area contributed by atoms with Gasteiger partial charge in [-0.3, -0.25) is 4.79 Å². The molecule has 2 rings (SSSR count). The van der Waals surface area contributed by atoms with Gasteiger partial charge in [0.2, 0.25) is 0 Å². The summed E-state index contributed by atoms with van der Waals surface area (Å²) in [6, 6.07) is 6.45. The van der Waals surface area contributed by atoms with Gasteiger partial charge in [-0.1, -0.05) is 48.8 Å². The van der Waals surface area contributed by atoms with Gasteiger partial charge in [-0.05, 0) is 35.4 Å². The molecule has 0 N–H and O–H groups in total. The minimum Gasteiger partial charge on any atom is -0.299 e. The maximum atomic E-state index is 11.8. The Labute approximate surface area is 112 Å². The third-order valence-electron chi connectivity index (χ3n) is 3.55. The minimum atomic E-state index is 0.124. The van der Waals surface area contributed by atoms with Crippen LogP contribution in [-0.2, 0) is 10.2 Å². The predicted molar refractivity (Wildman–Crippen MR) is 74.4 cm³/mol. The highest BCUT2D eigenvalue weighted by Crippen LogP contribution is 2.37. The van der Waals surface area contributed by atoms with E-state index in [1.54, 1.807) is 0 Å². The van der Waals surface area contributed by atoms with Crippen molar-refractivity contribution >= 4 is 21.7 Å². The van der Waals surface area contributed by atoms with E-state index in [9.17, 15) is 4.79 Å². The topological polar surface area (TPSA) is 17.1 Å². The summed E-state index contributed by atoms with van der Waals surface area (Å²) < 4.78 is 1.09. The molecule has 0 amide bonds. The van der Waals surface area contributed by atoms with E-state index in [2.05, 4.69) is 54.9 Å². The molecule has 1 atom stereocenters. The van der Waals surface area contributed by atoms with Crippen LogP contribution in [0, 0.1) is 0 Å². The molecule has 17 heavy (non-hydrogen) atoms. The van der Waals surface area contributed by atoms with Crippen molar-refractivity contribution in [2.45, 2.75) is 51.4 Å². The summed E-state index contributed by atoms with van der Waals surface area (Å²) in [7, 11) is 0. The van der Waals surface area contributed by atoms with E-state index in [0.29, 0.717) is 5.78 Å². The molecule has 2 heteroatoms. The monoisotopic (exact) mass is 294 g/mol. The maximum Gasteiger partial charge on any atom is 0.140 e. The predicted octanol–water partition coefficient (Wildman–Crippen LogP) is 4.58. The van der Waals surface area contributed by atoms with Crippen molar-refractivity contribution in [3.63, 3.8) is 0 Å². The Bertz CT molecular complexity index is 443. The Hall–Kier alpha value is -0.630. The first-order valence-corrected chi connectivity index (χ1v) is 7.01. The number of carbonyl (C=O) groups excluding carboxylic acids is 1.